The lowest BCUT2D eigenvalue weighted by atomic mass is 10.1. The smallest absolute Gasteiger partial charge is 0.235 e. The van der Waals surface area contributed by atoms with Crippen LogP contribution in [0.4, 0.5) is 4.39 Å². The zero-order chi connectivity index (χ0) is 15.9. The number of benzene rings is 1. The van der Waals surface area contributed by atoms with Crippen molar-refractivity contribution in [3.05, 3.63) is 35.1 Å². The predicted molar refractivity (Wildman–Crippen MR) is 76.5 cm³/mol. The lowest BCUT2D eigenvalue weighted by Crippen LogP contribution is -2.29. The number of carbonyl (C=O) groups excluding carboxylic acids is 1. The van der Waals surface area contributed by atoms with Gasteiger partial charge in [0.05, 0.1) is 6.61 Å². The molecule has 7 heteroatoms. The minimum Gasteiger partial charge on any atom is -0.395 e. The molecule has 0 aliphatic carbocycles. The summed E-state index contributed by atoms with van der Waals surface area (Å²) in [5.74, 6) is 3.63. The number of rotatable bonds is 5. The van der Waals surface area contributed by atoms with Crippen LogP contribution in [-0.2, 0) is 21.2 Å². The van der Waals surface area contributed by atoms with Crippen LogP contribution in [0.25, 0.3) is 0 Å². The van der Waals surface area contributed by atoms with E-state index in [1.807, 2.05) is 0 Å². The second kappa shape index (κ2) is 7.76. The van der Waals surface area contributed by atoms with E-state index in [1.165, 1.54) is 18.2 Å². The zero-order valence-electron chi connectivity index (χ0n) is 11.5. The topological polar surface area (TPSA) is 83.5 Å². The molecule has 2 N–H and O–H groups in total. The molecule has 0 atom stereocenters. The molecule has 1 rings (SSSR count). The van der Waals surface area contributed by atoms with Crippen molar-refractivity contribution in [2.75, 3.05) is 18.6 Å². The summed E-state index contributed by atoms with van der Waals surface area (Å²) < 4.78 is 35.5. The first kappa shape index (κ1) is 17.1. The van der Waals surface area contributed by atoms with Gasteiger partial charge in [-0.05, 0) is 18.2 Å². The molecule has 0 fully saturated rings. The van der Waals surface area contributed by atoms with Gasteiger partial charge in [0.1, 0.15) is 11.6 Å². The van der Waals surface area contributed by atoms with Crippen LogP contribution < -0.4 is 5.32 Å². The molecule has 21 heavy (non-hydrogen) atoms. The van der Waals surface area contributed by atoms with E-state index in [9.17, 15) is 17.6 Å². The third-order valence-electron chi connectivity index (χ3n) is 2.38. The van der Waals surface area contributed by atoms with Crippen molar-refractivity contribution < 1.29 is 22.7 Å². The van der Waals surface area contributed by atoms with Gasteiger partial charge in [0.15, 0.2) is 9.84 Å². The van der Waals surface area contributed by atoms with Gasteiger partial charge in [-0.1, -0.05) is 11.8 Å². The summed E-state index contributed by atoms with van der Waals surface area (Å²) in [5.41, 5.74) is 0.768. The third-order valence-corrected chi connectivity index (χ3v) is 3.17. The highest BCUT2D eigenvalue weighted by atomic mass is 32.2. The summed E-state index contributed by atoms with van der Waals surface area (Å²) in [5, 5.41) is 11.0. The van der Waals surface area contributed by atoms with E-state index in [1.54, 1.807) is 0 Å². The highest BCUT2D eigenvalue weighted by Crippen LogP contribution is 2.10. The Balaban J connectivity index is 2.73. The van der Waals surface area contributed by atoms with Crippen LogP contribution in [0.2, 0.25) is 0 Å². The van der Waals surface area contributed by atoms with Crippen molar-refractivity contribution in [2.45, 2.75) is 13.0 Å². The van der Waals surface area contributed by atoms with Gasteiger partial charge in [0, 0.05) is 30.3 Å². The average molecular weight is 313 g/mol. The van der Waals surface area contributed by atoms with E-state index in [0.29, 0.717) is 12.0 Å². The number of halogens is 1. The third kappa shape index (κ3) is 6.88. The molecular weight excluding hydrogens is 297 g/mol. The first-order valence-corrected chi connectivity index (χ1v) is 8.20. The van der Waals surface area contributed by atoms with Crippen LogP contribution in [0.5, 0.6) is 0 Å². The molecule has 0 aromatic heterocycles. The predicted octanol–water partition coefficient (Wildman–Crippen LogP) is 0.220. The highest BCUT2D eigenvalue weighted by molar-refractivity contribution is 7.91. The van der Waals surface area contributed by atoms with Crippen molar-refractivity contribution in [1.29, 1.82) is 0 Å². The number of aliphatic hydroxyl groups is 1. The van der Waals surface area contributed by atoms with E-state index in [2.05, 4.69) is 17.2 Å². The van der Waals surface area contributed by atoms with E-state index >= 15 is 0 Å². The van der Waals surface area contributed by atoms with Gasteiger partial charge in [-0.25, -0.2) is 12.8 Å². The van der Waals surface area contributed by atoms with Crippen LogP contribution >= 0.6 is 0 Å². The van der Waals surface area contributed by atoms with Crippen LogP contribution in [0.1, 0.15) is 17.5 Å². The minimum absolute atomic E-state index is 0.0530. The molecule has 0 heterocycles. The first-order valence-electron chi connectivity index (χ1n) is 6.14. The fourth-order valence-corrected chi connectivity index (χ4v) is 2.07. The van der Waals surface area contributed by atoms with Gasteiger partial charge >= 0.3 is 0 Å². The molecule has 0 spiro atoms. The maximum atomic E-state index is 13.6. The summed E-state index contributed by atoms with van der Waals surface area (Å²) in [4.78, 5) is 11.4. The van der Waals surface area contributed by atoms with Crippen molar-refractivity contribution >= 4 is 15.7 Å². The van der Waals surface area contributed by atoms with Crippen molar-refractivity contribution in [3.63, 3.8) is 0 Å². The molecule has 0 aliphatic rings. The zero-order valence-corrected chi connectivity index (χ0v) is 12.3. The summed E-state index contributed by atoms with van der Waals surface area (Å²) in [6, 6.07) is 4.18. The number of sulfone groups is 1. The molecule has 114 valence electrons. The number of nitrogens with one attached hydrogen (secondary N) is 1. The lowest BCUT2D eigenvalue weighted by molar-refractivity contribution is -0.118. The summed E-state index contributed by atoms with van der Waals surface area (Å²) >= 11 is 0. The second-order valence-corrected chi connectivity index (χ2v) is 6.57. The summed E-state index contributed by atoms with van der Waals surface area (Å²) in [7, 11) is -3.41. The van der Waals surface area contributed by atoms with Gasteiger partial charge in [0.2, 0.25) is 5.91 Å². The normalized spacial score (nSPS) is 10.6. The molecule has 1 amide bonds. The quantitative estimate of drug-likeness (QED) is 0.762. The highest BCUT2D eigenvalue weighted by Gasteiger charge is 2.11. The number of amides is 1. The van der Waals surface area contributed by atoms with Crippen molar-refractivity contribution in [3.8, 4) is 11.8 Å². The van der Waals surface area contributed by atoms with Gasteiger partial charge in [-0.3, -0.25) is 4.79 Å². The van der Waals surface area contributed by atoms with Crippen LogP contribution in [0, 0.1) is 17.7 Å². The first-order chi connectivity index (χ1) is 9.81. The van der Waals surface area contributed by atoms with Gasteiger partial charge in [0.25, 0.3) is 0 Å². The molecule has 5 nitrogen and oxygen atoms in total. The molecule has 0 saturated heterocycles. The molecule has 0 unspecified atom stereocenters. The monoisotopic (exact) mass is 313 g/mol. The molecule has 1 aromatic rings. The molecular formula is C14H16FNO4S. The van der Waals surface area contributed by atoms with E-state index in [4.69, 9.17) is 5.11 Å². The Labute approximate surface area is 123 Å². The van der Waals surface area contributed by atoms with Crippen LogP contribution in [0.15, 0.2) is 18.2 Å². The molecule has 0 saturated carbocycles. The average Bonchev–Trinajstić information content (AvgIpc) is 2.37. The van der Waals surface area contributed by atoms with Crippen LogP contribution in [0.3, 0.4) is 0 Å². The fourth-order valence-electron chi connectivity index (χ4n) is 1.49. The molecule has 0 aliphatic heterocycles. The van der Waals surface area contributed by atoms with Gasteiger partial charge < -0.3 is 10.4 Å². The Kier molecular flexibility index (Phi) is 6.34. The lowest BCUT2D eigenvalue weighted by Gasteiger charge is -2.06. The largest absolute Gasteiger partial charge is 0.395 e. The SMILES string of the molecule is CS(=O)(=O)CC(=O)NCc1cc(C#CCCO)ccc1F. The molecule has 0 bridgehead atoms. The maximum absolute atomic E-state index is 13.6. The standard InChI is InChI=1S/C14H16FNO4S/c1-21(19,20)10-14(18)16-9-12-8-11(4-2-3-7-17)5-6-13(12)15/h5-6,8,17H,3,7,9-10H2,1H3,(H,16,18). The van der Waals surface area contributed by atoms with Gasteiger partial charge in [-0.2, -0.15) is 0 Å². The van der Waals surface area contributed by atoms with E-state index in [-0.39, 0.29) is 18.7 Å². The van der Waals surface area contributed by atoms with Crippen molar-refractivity contribution in [2.24, 2.45) is 0 Å². The maximum Gasteiger partial charge on any atom is 0.235 e. The Morgan fingerprint density at radius 1 is 1.43 bits per heavy atom. The van der Waals surface area contributed by atoms with Crippen LogP contribution in [-0.4, -0.2) is 38.0 Å². The van der Waals surface area contributed by atoms with E-state index < -0.39 is 27.3 Å². The number of hydrogen-bond donors (Lipinski definition) is 2. The summed E-state index contributed by atoms with van der Waals surface area (Å²) in [6.07, 6.45) is 1.27. The summed E-state index contributed by atoms with van der Waals surface area (Å²) in [6.45, 7) is -0.168. The number of carbonyl (C=O) groups is 1. The van der Waals surface area contributed by atoms with Crippen molar-refractivity contribution in [1.82, 2.24) is 5.32 Å². The molecule has 1 aromatic carbocycles. The second-order valence-electron chi connectivity index (χ2n) is 4.43. The van der Waals surface area contributed by atoms with Gasteiger partial charge in [-0.15, -0.1) is 0 Å². The number of aliphatic hydroxyl groups excluding tert-OH is 1. The Hall–Kier alpha value is -1.91. The Morgan fingerprint density at radius 3 is 2.76 bits per heavy atom. The van der Waals surface area contributed by atoms with E-state index in [0.717, 1.165) is 6.26 Å². The molecule has 0 radical (unpaired) electrons. The Morgan fingerprint density at radius 2 is 2.14 bits per heavy atom. The minimum atomic E-state index is -3.41. The fraction of sp³-hybridized carbons (Fsp3) is 0.357. The number of hydrogen-bond acceptors (Lipinski definition) is 4. The Bertz CT molecular complexity index is 674.